The van der Waals surface area contributed by atoms with E-state index in [-0.39, 0.29) is 0 Å². The Kier molecular flexibility index (Phi) is 5.31. The van der Waals surface area contributed by atoms with E-state index in [0.717, 1.165) is 18.8 Å². The molecule has 23 heavy (non-hydrogen) atoms. The van der Waals surface area contributed by atoms with Crippen LogP contribution < -0.4 is 15.4 Å². The summed E-state index contributed by atoms with van der Waals surface area (Å²) in [5, 5.41) is 7.41. The van der Waals surface area contributed by atoms with Crippen LogP contribution in [0.15, 0.2) is 48.5 Å². The Balaban J connectivity index is 1.70. The van der Waals surface area contributed by atoms with Gasteiger partial charge in [-0.2, -0.15) is 0 Å². The van der Waals surface area contributed by atoms with Gasteiger partial charge in [0.15, 0.2) is 0 Å². The Labute approximate surface area is 139 Å². The van der Waals surface area contributed by atoms with Gasteiger partial charge < -0.3 is 15.4 Å². The first-order valence-corrected chi connectivity index (χ1v) is 8.43. The van der Waals surface area contributed by atoms with Crippen LogP contribution in [-0.4, -0.2) is 19.7 Å². The first-order chi connectivity index (χ1) is 11.3. The molecule has 0 spiro atoms. The summed E-state index contributed by atoms with van der Waals surface area (Å²) in [7, 11) is 1.73. The molecule has 1 saturated heterocycles. The normalized spacial score (nSPS) is 21.1. The van der Waals surface area contributed by atoms with Gasteiger partial charge in [0.25, 0.3) is 0 Å². The van der Waals surface area contributed by atoms with Crippen LogP contribution in [0.3, 0.4) is 0 Å². The van der Waals surface area contributed by atoms with Gasteiger partial charge in [0.2, 0.25) is 0 Å². The molecular formula is C20H26N2O. The van der Waals surface area contributed by atoms with Gasteiger partial charge in [-0.1, -0.05) is 48.0 Å². The Morgan fingerprint density at radius 1 is 1.13 bits per heavy atom. The molecule has 2 aromatic carbocycles. The van der Waals surface area contributed by atoms with Gasteiger partial charge in [-0.25, -0.2) is 0 Å². The summed E-state index contributed by atoms with van der Waals surface area (Å²) < 4.78 is 5.45. The molecule has 1 aliphatic rings. The van der Waals surface area contributed by atoms with Crippen molar-refractivity contribution in [2.45, 2.75) is 38.4 Å². The summed E-state index contributed by atoms with van der Waals surface area (Å²) in [6.07, 6.45) is 2.41. The van der Waals surface area contributed by atoms with Crippen molar-refractivity contribution in [2.24, 2.45) is 0 Å². The van der Waals surface area contributed by atoms with Crippen LogP contribution in [0.1, 0.15) is 35.6 Å². The largest absolute Gasteiger partial charge is 0.496 e. The topological polar surface area (TPSA) is 33.3 Å². The molecule has 1 aliphatic heterocycles. The molecule has 0 bridgehead atoms. The van der Waals surface area contributed by atoms with E-state index in [2.05, 4.69) is 54.0 Å². The van der Waals surface area contributed by atoms with Crippen molar-refractivity contribution >= 4 is 0 Å². The van der Waals surface area contributed by atoms with Crippen LogP contribution in [0.25, 0.3) is 0 Å². The van der Waals surface area contributed by atoms with Crippen molar-refractivity contribution in [1.82, 2.24) is 10.6 Å². The molecule has 2 atom stereocenters. The lowest BCUT2D eigenvalue weighted by molar-refractivity contribution is 0.303. The third-order valence-corrected chi connectivity index (χ3v) is 4.64. The van der Waals surface area contributed by atoms with Crippen LogP contribution in [-0.2, 0) is 6.54 Å². The first-order valence-electron chi connectivity index (χ1n) is 8.43. The number of para-hydroxylation sites is 1. The monoisotopic (exact) mass is 310 g/mol. The van der Waals surface area contributed by atoms with E-state index < -0.39 is 0 Å². The van der Waals surface area contributed by atoms with E-state index in [1.807, 2.05) is 12.1 Å². The number of aryl methyl sites for hydroxylation is 1. The average Bonchev–Trinajstić information content (AvgIpc) is 2.61. The average molecular weight is 310 g/mol. The van der Waals surface area contributed by atoms with Crippen molar-refractivity contribution in [1.29, 1.82) is 0 Å². The van der Waals surface area contributed by atoms with Gasteiger partial charge in [-0.05, 0) is 37.9 Å². The molecular weight excluding hydrogens is 284 g/mol. The van der Waals surface area contributed by atoms with Gasteiger partial charge in [0, 0.05) is 24.2 Å². The molecule has 0 radical (unpaired) electrons. The van der Waals surface area contributed by atoms with Crippen LogP contribution >= 0.6 is 0 Å². The predicted molar refractivity (Wildman–Crippen MR) is 94.8 cm³/mol. The maximum Gasteiger partial charge on any atom is 0.123 e. The number of ether oxygens (including phenoxy) is 1. The van der Waals surface area contributed by atoms with Gasteiger partial charge >= 0.3 is 0 Å². The molecule has 1 heterocycles. The molecule has 3 nitrogen and oxygen atoms in total. The molecule has 2 N–H and O–H groups in total. The number of benzene rings is 2. The van der Waals surface area contributed by atoms with Crippen LogP contribution in [0, 0.1) is 6.92 Å². The van der Waals surface area contributed by atoms with Crippen molar-refractivity contribution < 1.29 is 4.74 Å². The molecule has 0 unspecified atom stereocenters. The van der Waals surface area contributed by atoms with Crippen LogP contribution in [0.5, 0.6) is 5.75 Å². The predicted octanol–water partition coefficient (Wildman–Crippen LogP) is 3.59. The van der Waals surface area contributed by atoms with Gasteiger partial charge in [0.05, 0.1) is 7.11 Å². The zero-order valence-electron chi connectivity index (χ0n) is 14.0. The fourth-order valence-corrected chi connectivity index (χ4v) is 3.32. The maximum absolute atomic E-state index is 5.45. The number of hydrogen-bond donors (Lipinski definition) is 2. The molecule has 1 fully saturated rings. The van der Waals surface area contributed by atoms with E-state index in [1.165, 1.54) is 29.5 Å². The Morgan fingerprint density at radius 2 is 1.91 bits per heavy atom. The second-order valence-electron chi connectivity index (χ2n) is 6.28. The third kappa shape index (κ3) is 3.92. The maximum atomic E-state index is 5.45. The number of piperidine rings is 1. The van der Waals surface area contributed by atoms with E-state index in [4.69, 9.17) is 4.74 Å². The summed E-state index contributed by atoms with van der Waals surface area (Å²) in [6, 6.07) is 17.9. The van der Waals surface area contributed by atoms with Gasteiger partial charge in [-0.3, -0.25) is 0 Å². The second kappa shape index (κ2) is 7.62. The summed E-state index contributed by atoms with van der Waals surface area (Å²) in [5.41, 5.74) is 3.89. The highest BCUT2D eigenvalue weighted by molar-refractivity contribution is 5.33. The number of rotatable bonds is 5. The lowest BCUT2D eigenvalue weighted by Gasteiger charge is -2.34. The summed E-state index contributed by atoms with van der Waals surface area (Å²) in [4.78, 5) is 0. The fraction of sp³-hybridized carbons (Fsp3) is 0.400. The molecule has 2 aromatic rings. The van der Waals surface area contributed by atoms with Crippen molar-refractivity contribution in [3.05, 3.63) is 65.2 Å². The van der Waals surface area contributed by atoms with E-state index in [1.54, 1.807) is 7.11 Å². The summed E-state index contributed by atoms with van der Waals surface area (Å²) in [6.45, 7) is 4.06. The molecule has 0 aromatic heterocycles. The summed E-state index contributed by atoms with van der Waals surface area (Å²) in [5.74, 6) is 0.954. The zero-order chi connectivity index (χ0) is 16.1. The Morgan fingerprint density at radius 3 is 2.70 bits per heavy atom. The van der Waals surface area contributed by atoms with Crippen molar-refractivity contribution in [2.75, 3.05) is 13.7 Å². The minimum atomic E-state index is 0.374. The smallest absolute Gasteiger partial charge is 0.123 e. The third-order valence-electron chi connectivity index (χ3n) is 4.64. The highest BCUT2D eigenvalue weighted by Crippen LogP contribution is 2.25. The van der Waals surface area contributed by atoms with Crippen LogP contribution in [0.4, 0.5) is 0 Å². The summed E-state index contributed by atoms with van der Waals surface area (Å²) >= 11 is 0. The fourth-order valence-electron chi connectivity index (χ4n) is 3.32. The molecule has 0 aliphatic carbocycles. The molecule has 3 heteroatoms. The minimum absolute atomic E-state index is 0.374. The van der Waals surface area contributed by atoms with Crippen molar-refractivity contribution in [3.8, 4) is 5.75 Å². The lowest BCUT2D eigenvalue weighted by atomic mass is 9.91. The minimum Gasteiger partial charge on any atom is -0.496 e. The zero-order valence-corrected chi connectivity index (χ0v) is 14.0. The number of methoxy groups -OCH3 is 1. The standard InChI is InChI=1S/C20H26N2O/c1-15-9-11-16(12-10-15)20-18(7-5-13-21-20)22-14-17-6-3-4-8-19(17)23-2/h3-4,6,8-12,18,20-22H,5,7,13-14H2,1-2H3/t18-,20-/m1/s1. The van der Waals surface area contributed by atoms with E-state index in [9.17, 15) is 0 Å². The van der Waals surface area contributed by atoms with E-state index in [0.29, 0.717) is 12.1 Å². The molecule has 122 valence electrons. The lowest BCUT2D eigenvalue weighted by Crippen LogP contribution is -2.45. The van der Waals surface area contributed by atoms with Crippen molar-refractivity contribution in [3.63, 3.8) is 0 Å². The Hall–Kier alpha value is -1.84. The molecule has 0 amide bonds. The highest BCUT2D eigenvalue weighted by Gasteiger charge is 2.25. The molecule has 3 rings (SSSR count). The Bertz CT molecular complexity index is 624. The molecule has 0 saturated carbocycles. The SMILES string of the molecule is COc1ccccc1CN[C@@H]1CCCN[C@@H]1c1ccc(C)cc1. The first kappa shape index (κ1) is 16.0. The van der Waals surface area contributed by atoms with Crippen LogP contribution in [0.2, 0.25) is 0 Å². The second-order valence-corrected chi connectivity index (χ2v) is 6.28. The quantitative estimate of drug-likeness (QED) is 0.885. The highest BCUT2D eigenvalue weighted by atomic mass is 16.5. The van der Waals surface area contributed by atoms with Gasteiger partial charge in [-0.15, -0.1) is 0 Å². The number of nitrogens with one attached hydrogen (secondary N) is 2. The van der Waals surface area contributed by atoms with Gasteiger partial charge in [0.1, 0.15) is 5.75 Å². The van der Waals surface area contributed by atoms with E-state index >= 15 is 0 Å². The number of hydrogen-bond acceptors (Lipinski definition) is 3.